The molecule has 1 aromatic rings. The zero-order valence-corrected chi connectivity index (χ0v) is 10.5. The Bertz CT molecular complexity index is 453. The fourth-order valence-corrected chi connectivity index (χ4v) is 2.87. The Morgan fingerprint density at radius 2 is 2.18 bits per heavy atom. The normalized spacial score (nSPS) is 27.4. The molecule has 0 amide bonds. The fraction of sp³-hybridized carbons (Fsp3) is 0.500. The van der Waals surface area contributed by atoms with E-state index in [9.17, 15) is 0 Å². The lowest BCUT2D eigenvalue weighted by Crippen LogP contribution is -2.37. The number of nitrogens with one attached hydrogen (secondary N) is 1. The molecule has 2 atom stereocenters. The zero-order chi connectivity index (χ0) is 11.8. The molecule has 1 saturated heterocycles. The van der Waals surface area contributed by atoms with Crippen molar-refractivity contribution in [1.82, 2.24) is 10.2 Å². The molecule has 2 aliphatic heterocycles. The molecule has 17 heavy (non-hydrogen) atoms. The highest BCUT2D eigenvalue weighted by Crippen LogP contribution is 2.31. The van der Waals surface area contributed by atoms with Crippen LogP contribution < -0.4 is 5.32 Å². The Hall–Kier alpha value is -1.51. The summed E-state index contributed by atoms with van der Waals surface area (Å²) in [6, 6.07) is 9.72. The number of benzene rings is 1. The minimum absolute atomic E-state index is 0.501. The van der Waals surface area contributed by atoms with Gasteiger partial charge in [-0.05, 0) is 31.4 Å². The molecule has 1 aromatic carbocycles. The van der Waals surface area contributed by atoms with Crippen LogP contribution in [0.1, 0.15) is 30.5 Å². The average molecular weight is 229 g/mol. The first-order chi connectivity index (χ1) is 8.25. The van der Waals surface area contributed by atoms with E-state index >= 15 is 0 Å². The Kier molecular flexibility index (Phi) is 2.54. The predicted molar refractivity (Wildman–Crippen MR) is 70.1 cm³/mol. The minimum Gasteiger partial charge on any atom is -0.352 e. The van der Waals surface area contributed by atoms with E-state index in [2.05, 4.69) is 53.3 Å². The van der Waals surface area contributed by atoms with Gasteiger partial charge in [0.2, 0.25) is 0 Å². The molecule has 3 nitrogen and oxygen atoms in total. The SMILES string of the molecule is Cc1ccccc1C1CCN=C2NC(C)CN21. The first-order valence-corrected chi connectivity index (χ1v) is 6.39. The largest absolute Gasteiger partial charge is 0.352 e. The topological polar surface area (TPSA) is 27.6 Å². The second kappa shape index (κ2) is 4.06. The Balaban J connectivity index is 1.94. The van der Waals surface area contributed by atoms with Crippen molar-refractivity contribution in [2.75, 3.05) is 13.1 Å². The van der Waals surface area contributed by atoms with Gasteiger partial charge in [-0.15, -0.1) is 0 Å². The standard InChI is InChI=1S/C14H19N3/c1-10-5-3-4-6-12(10)13-7-8-15-14-16-11(2)9-17(13)14/h3-6,11,13H,7-9H2,1-2H3,(H,15,16). The lowest BCUT2D eigenvalue weighted by atomic mass is 9.97. The highest BCUT2D eigenvalue weighted by atomic mass is 15.4. The van der Waals surface area contributed by atoms with Crippen LogP contribution in [0, 0.1) is 6.92 Å². The summed E-state index contributed by atoms with van der Waals surface area (Å²) in [5, 5.41) is 3.45. The second-order valence-corrected chi connectivity index (χ2v) is 5.06. The molecule has 0 spiro atoms. The molecule has 0 aliphatic carbocycles. The van der Waals surface area contributed by atoms with Gasteiger partial charge in [0.25, 0.3) is 0 Å². The fourth-order valence-electron chi connectivity index (χ4n) is 2.87. The molecule has 90 valence electrons. The molecular weight excluding hydrogens is 210 g/mol. The van der Waals surface area contributed by atoms with E-state index in [1.165, 1.54) is 11.1 Å². The van der Waals surface area contributed by atoms with Crippen molar-refractivity contribution in [2.45, 2.75) is 32.4 Å². The van der Waals surface area contributed by atoms with E-state index < -0.39 is 0 Å². The van der Waals surface area contributed by atoms with E-state index in [0.29, 0.717) is 12.1 Å². The highest BCUT2D eigenvalue weighted by molar-refractivity contribution is 5.83. The molecule has 1 fully saturated rings. The Labute approximate surface area is 103 Å². The van der Waals surface area contributed by atoms with Gasteiger partial charge in [-0.3, -0.25) is 4.99 Å². The molecule has 0 aromatic heterocycles. The van der Waals surface area contributed by atoms with Crippen molar-refractivity contribution in [3.8, 4) is 0 Å². The first kappa shape index (κ1) is 10.6. The van der Waals surface area contributed by atoms with Gasteiger partial charge in [-0.25, -0.2) is 0 Å². The van der Waals surface area contributed by atoms with E-state index in [4.69, 9.17) is 0 Å². The predicted octanol–water partition coefficient (Wildman–Crippen LogP) is 2.09. The molecule has 1 N–H and O–H groups in total. The number of hydrogen-bond donors (Lipinski definition) is 1. The quantitative estimate of drug-likeness (QED) is 0.798. The summed E-state index contributed by atoms with van der Waals surface area (Å²) >= 11 is 0. The number of aryl methyl sites for hydroxylation is 1. The van der Waals surface area contributed by atoms with Crippen LogP contribution in [0.2, 0.25) is 0 Å². The van der Waals surface area contributed by atoms with E-state index in [1.807, 2.05) is 0 Å². The molecule has 3 rings (SSSR count). The van der Waals surface area contributed by atoms with Crippen LogP contribution in [0.15, 0.2) is 29.3 Å². The average Bonchev–Trinajstić information content (AvgIpc) is 2.70. The molecule has 0 saturated carbocycles. The number of aliphatic imine (C=N–C) groups is 1. The van der Waals surface area contributed by atoms with Crippen molar-refractivity contribution >= 4 is 5.96 Å². The third-order valence-electron chi connectivity index (χ3n) is 3.71. The van der Waals surface area contributed by atoms with Crippen LogP contribution in [0.4, 0.5) is 0 Å². The van der Waals surface area contributed by atoms with Crippen molar-refractivity contribution < 1.29 is 0 Å². The third kappa shape index (κ3) is 1.79. The Morgan fingerprint density at radius 3 is 3.00 bits per heavy atom. The molecular formula is C14H19N3. The van der Waals surface area contributed by atoms with Crippen molar-refractivity contribution in [3.05, 3.63) is 35.4 Å². The summed E-state index contributed by atoms with van der Waals surface area (Å²) in [6.45, 7) is 6.42. The van der Waals surface area contributed by atoms with Gasteiger partial charge in [0.1, 0.15) is 0 Å². The molecule has 0 radical (unpaired) electrons. The number of fused-ring (bicyclic) bond motifs is 1. The molecule has 3 heteroatoms. The van der Waals surface area contributed by atoms with Crippen LogP contribution in [0.5, 0.6) is 0 Å². The number of nitrogens with zero attached hydrogens (tertiary/aromatic N) is 2. The van der Waals surface area contributed by atoms with Crippen molar-refractivity contribution in [2.24, 2.45) is 4.99 Å². The highest BCUT2D eigenvalue weighted by Gasteiger charge is 2.33. The van der Waals surface area contributed by atoms with Crippen molar-refractivity contribution in [1.29, 1.82) is 0 Å². The maximum atomic E-state index is 4.58. The van der Waals surface area contributed by atoms with Crippen LogP contribution >= 0.6 is 0 Å². The van der Waals surface area contributed by atoms with E-state index in [1.54, 1.807) is 0 Å². The maximum Gasteiger partial charge on any atom is 0.194 e. The van der Waals surface area contributed by atoms with Gasteiger partial charge in [-0.2, -0.15) is 0 Å². The molecule has 2 unspecified atom stereocenters. The maximum absolute atomic E-state index is 4.58. The first-order valence-electron chi connectivity index (χ1n) is 6.39. The summed E-state index contributed by atoms with van der Waals surface area (Å²) < 4.78 is 0. The number of guanidine groups is 1. The minimum atomic E-state index is 0.501. The van der Waals surface area contributed by atoms with Crippen molar-refractivity contribution in [3.63, 3.8) is 0 Å². The lowest BCUT2D eigenvalue weighted by Gasteiger charge is -2.33. The second-order valence-electron chi connectivity index (χ2n) is 5.06. The molecule has 2 aliphatic rings. The van der Waals surface area contributed by atoms with Gasteiger partial charge >= 0.3 is 0 Å². The molecule has 0 bridgehead atoms. The summed E-state index contributed by atoms with van der Waals surface area (Å²) in [4.78, 5) is 7.01. The summed E-state index contributed by atoms with van der Waals surface area (Å²) in [5.74, 6) is 1.09. The summed E-state index contributed by atoms with van der Waals surface area (Å²) in [6.07, 6.45) is 1.13. The van der Waals surface area contributed by atoms with Crippen LogP contribution in [-0.2, 0) is 0 Å². The van der Waals surface area contributed by atoms with E-state index in [0.717, 1.165) is 25.5 Å². The van der Waals surface area contributed by atoms with Gasteiger partial charge in [-0.1, -0.05) is 24.3 Å². The molecule has 2 heterocycles. The van der Waals surface area contributed by atoms with E-state index in [-0.39, 0.29) is 0 Å². The van der Waals surface area contributed by atoms with Gasteiger partial charge in [0.05, 0.1) is 6.04 Å². The van der Waals surface area contributed by atoms with Crippen LogP contribution in [0.25, 0.3) is 0 Å². The number of rotatable bonds is 1. The summed E-state index contributed by atoms with van der Waals surface area (Å²) in [7, 11) is 0. The van der Waals surface area contributed by atoms with Gasteiger partial charge in [0.15, 0.2) is 5.96 Å². The van der Waals surface area contributed by atoms with Crippen LogP contribution in [-0.4, -0.2) is 30.0 Å². The lowest BCUT2D eigenvalue weighted by molar-refractivity contribution is 0.304. The smallest absolute Gasteiger partial charge is 0.194 e. The number of hydrogen-bond acceptors (Lipinski definition) is 3. The Morgan fingerprint density at radius 1 is 1.35 bits per heavy atom. The summed E-state index contributed by atoms with van der Waals surface area (Å²) in [5.41, 5.74) is 2.84. The third-order valence-corrected chi connectivity index (χ3v) is 3.71. The zero-order valence-electron chi connectivity index (χ0n) is 10.5. The van der Waals surface area contributed by atoms with Gasteiger partial charge < -0.3 is 10.2 Å². The van der Waals surface area contributed by atoms with Gasteiger partial charge in [0, 0.05) is 19.1 Å². The van der Waals surface area contributed by atoms with Crippen LogP contribution in [0.3, 0.4) is 0 Å². The monoisotopic (exact) mass is 229 g/mol.